The van der Waals surface area contributed by atoms with Crippen LogP contribution in [0.5, 0.6) is 5.75 Å². The highest BCUT2D eigenvalue weighted by Crippen LogP contribution is 2.25. The Hall–Kier alpha value is -3.55. The zero-order chi connectivity index (χ0) is 18.8. The van der Waals surface area contributed by atoms with Crippen LogP contribution in [0.3, 0.4) is 0 Å². The lowest BCUT2D eigenvalue weighted by Crippen LogP contribution is -2.54. The summed E-state index contributed by atoms with van der Waals surface area (Å²) in [7, 11) is 0. The van der Waals surface area contributed by atoms with Crippen molar-refractivity contribution in [2.45, 2.75) is 6.10 Å². The van der Waals surface area contributed by atoms with Crippen LogP contribution in [0.15, 0.2) is 54.9 Å². The Labute approximate surface area is 154 Å². The second-order valence-corrected chi connectivity index (χ2v) is 6.05. The number of carboxylic acid groups (broad SMARTS) is 1. The number of ether oxygens (including phenoxy) is 1. The first kappa shape index (κ1) is 16.9. The van der Waals surface area contributed by atoms with Crippen molar-refractivity contribution >= 4 is 11.9 Å². The van der Waals surface area contributed by atoms with Gasteiger partial charge in [0.05, 0.1) is 30.0 Å². The molecule has 1 fully saturated rings. The van der Waals surface area contributed by atoms with Crippen molar-refractivity contribution in [3.05, 3.63) is 66.2 Å². The molecule has 3 heterocycles. The van der Waals surface area contributed by atoms with Gasteiger partial charge in [0.1, 0.15) is 6.10 Å². The second-order valence-electron chi connectivity index (χ2n) is 6.05. The van der Waals surface area contributed by atoms with Gasteiger partial charge >= 0.3 is 5.97 Å². The largest absolute Gasteiger partial charge is 0.484 e. The van der Waals surface area contributed by atoms with E-state index in [0.717, 1.165) is 0 Å². The van der Waals surface area contributed by atoms with Crippen molar-refractivity contribution < 1.29 is 19.0 Å². The van der Waals surface area contributed by atoms with Crippen LogP contribution in [0.2, 0.25) is 0 Å². The smallest absolute Gasteiger partial charge is 0.335 e. The summed E-state index contributed by atoms with van der Waals surface area (Å²) >= 11 is 0. The zero-order valence-corrected chi connectivity index (χ0v) is 14.1. The number of hydrogen-bond donors (Lipinski definition) is 1. The Bertz CT molecular complexity index is 992. The molecule has 0 aliphatic carbocycles. The number of carbonyl (C=O) groups is 1. The van der Waals surface area contributed by atoms with Gasteiger partial charge in [-0.2, -0.15) is 0 Å². The topological polar surface area (TPSA) is 88.4 Å². The van der Waals surface area contributed by atoms with E-state index in [1.807, 2.05) is 4.90 Å². The lowest BCUT2D eigenvalue weighted by atomic mass is 10.1. The first-order valence-electron chi connectivity index (χ1n) is 8.29. The fourth-order valence-corrected chi connectivity index (χ4v) is 2.74. The first-order valence-corrected chi connectivity index (χ1v) is 8.29. The fraction of sp³-hybridized carbons (Fsp3) is 0.158. The number of benzene rings is 1. The van der Waals surface area contributed by atoms with Gasteiger partial charge in [-0.1, -0.05) is 12.1 Å². The van der Waals surface area contributed by atoms with Crippen molar-refractivity contribution in [2.75, 3.05) is 18.0 Å². The number of para-hydroxylation sites is 1. The molecule has 1 aliphatic heterocycles. The maximum atomic E-state index is 13.6. The van der Waals surface area contributed by atoms with Crippen molar-refractivity contribution in [2.24, 2.45) is 0 Å². The van der Waals surface area contributed by atoms with E-state index < -0.39 is 11.8 Å². The van der Waals surface area contributed by atoms with Crippen LogP contribution in [-0.4, -0.2) is 45.2 Å². The molecular formula is C19H15FN4O3. The third-order valence-corrected chi connectivity index (χ3v) is 4.17. The highest BCUT2D eigenvalue weighted by atomic mass is 19.1. The van der Waals surface area contributed by atoms with E-state index in [4.69, 9.17) is 9.84 Å². The number of pyridine rings is 1. The Kier molecular flexibility index (Phi) is 4.37. The molecule has 4 rings (SSSR count). The standard InChI is InChI=1S/C19H15FN4O3/c20-14-3-1-2-4-17(14)27-13-10-24(11-13)19-22-8-6-15(23-19)16-9-12(18(25)26)5-7-21-16/h1-9,13H,10-11H2,(H,25,26). The number of carboxylic acids is 1. The molecule has 7 nitrogen and oxygen atoms in total. The van der Waals surface area contributed by atoms with Crippen LogP contribution in [0.4, 0.5) is 10.3 Å². The van der Waals surface area contributed by atoms with Crippen LogP contribution in [-0.2, 0) is 0 Å². The molecule has 0 amide bonds. The number of aromatic carboxylic acids is 1. The Morgan fingerprint density at radius 2 is 1.89 bits per heavy atom. The van der Waals surface area contributed by atoms with Crippen molar-refractivity contribution in [3.8, 4) is 17.1 Å². The molecule has 1 N–H and O–H groups in total. The summed E-state index contributed by atoms with van der Waals surface area (Å²) in [4.78, 5) is 25.9. The minimum absolute atomic E-state index is 0.141. The van der Waals surface area contributed by atoms with E-state index in [1.165, 1.54) is 24.4 Å². The van der Waals surface area contributed by atoms with E-state index in [0.29, 0.717) is 30.4 Å². The lowest BCUT2D eigenvalue weighted by molar-refractivity contribution is 0.0697. The van der Waals surface area contributed by atoms with Crippen LogP contribution >= 0.6 is 0 Å². The molecule has 27 heavy (non-hydrogen) atoms. The minimum Gasteiger partial charge on any atom is -0.484 e. The molecule has 0 saturated carbocycles. The molecule has 0 bridgehead atoms. The van der Waals surface area contributed by atoms with E-state index in [-0.39, 0.29) is 17.4 Å². The van der Waals surface area contributed by atoms with Crippen molar-refractivity contribution in [1.82, 2.24) is 15.0 Å². The summed E-state index contributed by atoms with van der Waals surface area (Å²) in [5.74, 6) is -0.697. The fourth-order valence-electron chi connectivity index (χ4n) is 2.74. The lowest BCUT2D eigenvalue weighted by Gasteiger charge is -2.38. The summed E-state index contributed by atoms with van der Waals surface area (Å²) in [6, 6.07) is 10.8. The predicted octanol–water partition coefficient (Wildman–Crippen LogP) is 2.64. The number of halogens is 1. The van der Waals surface area contributed by atoms with Gasteiger partial charge in [0, 0.05) is 12.4 Å². The number of aromatic nitrogens is 3. The molecule has 1 saturated heterocycles. The molecular weight excluding hydrogens is 351 g/mol. The van der Waals surface area contributed by atoms with Crippen molar-refractivity contribution in [1.29, 1.82) is 0 Å². The summed E-state index contributed by atoms with van der Waals surface area (Å²) < 4.78 is 19.3. The SMILES string of the molecule is O=C(O)c1ccnc(-c2ccnc(N3CC(Oc4ccccc4F)C3)n2)c1. The average Bonchev–Trinajstić information content (AvgIpc) is 2.66. The minimum atomic E-state index is -1.02. The van der Waals surface area contributed by atoms with E-state index >= 15 is 0 Å². The molecule has 1 aromatic carbocycles. The molecule has 0 atom stereocenters. The molecule has 0 unspecified atom stereocenters. The van der Waals surface area contributed by atoms with Gasteiger partial charge in [-0.3, -0.25) is 4.98 Å². The monoisotopic (exact) mass is 366 g/mol. The molecule has 0 spiro atoms. The summed E-state index contributed by atoms with van der Waals surface area (Å²) in [6.45, 7) is 1.06. The molecule has 3 aromatic rings. The number of rotatable bonds is 5. The van der Waals surface area contributed by atoms with E-state index in [9.17, 15) is 9.18 Å². The summed E-state index contributed by atoms with van der Waals surface area (Å²) in [5.41, 5.74) is 1.13. The van der Waals surface area contributed by atoms with Crippen LogP contribution in [0.25, 0.3) is 11.4 Å². The number of anilines is 1. The molecule has 8 heteroatoms. The van der Waals surface area contributed by atoms with Crippen molar-refractivity contribution in [3.63, 3.8) is 0 Å². The summed E-state index contributed by atoms with van der Waals surface area (Å²) in [6.07, 6.45) is 2.88. The van der Waals surface area contributed by atoms with Gasteiger partial charge in [-0.05, 0) is 30.3 Å². The van der Waals surface area contributed by atoms with E-state index in [1.54, 1.807) is 30.5 Å². The normalized spacial score (nSPS) is 13.9. The number of hydrogen-bond acceptors (Lipinski definition) is 6. The molecule has 2 aromatic heterocycles. The Morgan fingerprint density at radius 1 is 1.11 bits per heavy atom. The average molecular weight is 366 g/mol. The Morgan fingerprint density at radius 3 is 2.67 bits per heavy atom. The van der Waals surface area contributed by atoms with E-state index in [2.05, 4.69) is 15.0 Å². The van der Waals surface area contributed by atoms with Crippen LogP contribution < -0.4 is 9.64 Å². The highest BCUT2D eigenvalue weighted by Gasteiger charge is 2.31. The maximum absolute atomic E-state index is 13.6. The summed E-state index contributed by atoms with van der Waals surface area (Å²) in [5, 5.41) is 9.11. The quantitative estimate of drug-likeness (QED) is 0.742. The van der Waals surface area contributed by atoms with Gasteiger partial charge in [0.15, 0.2) is 11.6 Å². The number of nitrogens with zero attached hydrogens (tertiary/aromatic N) is 4. The first-order chi connectivity index (χ1) is 13.1. The van der Waals surface area contributed by atoms with Gasteiger partial charge in [0.25, 0.3) is 0 Å². The maximum Gasteiger partial charge on any atom is 0.335 e. The zero-order valence-electron chi connectivity index (χ0n) is 14.1. The van der Waals surface area contributed by atoms with Gasteiger partial charge in [0.2, 0.25) is 5.95 Å². The molecule has 136 valence electrons. The predicted molar refractivity (Wildman–Crippen MR) is 95.3 cm³/mol. The van der Waals surface area contributed by atoms with Gasteiger partial charge < -0.3 is 14.7 Å². The van der Waals surface area contributed by atoms with Gasteiger partial charge in [-0.25, -0.2) is 19.2 Å². The van der Waals surface area contributed by atoms with Crippen LogP contribution in [0, 0.1) is 5.82 Å². The van der Waals surface area contributed by atoms with Gasteiger partial charge in [-0.15, -0.1) is 0 Å². The Balaban J connectivity index is 1.46. The highest BCUT2D eigenvalue weighted by molar-refractivity contribution is 5.88. The second kappa shape index (κ2) is 6.99. The molecule has 0 radical (unpaired) electrons. The van der Waals surface area contributed by atoms with Crippen LogP contribution in [0.1, 0.15) is 10.4 Å². The third kappa shape index (κ3) is 3.55. The third-order valence-electron chi connectivity index (χ3n) is 4.17. The molecule has 1 aliphatic rings.